The summed E-state index contributed by atoms with van der Waals surface area (Å²) in [5.74, 6) is 0.373. The van der Waals surface area contributed by atoms with Crippen LogP contribution in [0.2, 0.25) is 0 Å². The van der Waals surface area contributed by atoms with Gasteiger partial charge in [0, 0.05) is 31.9 Å². The van der Waals surface area contributed by atoms with Crippen LogP contribution in [0.1, 0.15) is 75.0 Å². The zero-order valence-corrected chi connectivity index (χ0v) is 21.6. The standard InChI is InChI=1S/C28H40N2O3S/c1-22(2)23-10-13-28(14-11-23)34(31,32)29-26-12-9-24-15-18-30(19-16-25(24)21-26)17-6-20-33-27-7-4-3-5-8-27/h9-14,21-22,27,29H,3-8,15-20H2,1-2H3. The van der Waals surface area contributed by atoms with Gasteiger partial charge in [-0.25, -0.2) is 8.42 Å². The molecule has 0 unspecified atom stereocenters. The molecule has 5 nitrogen and oxygen atoms in total. The Labute approximate surface area is 205 Å². The third-order valence-electron chi connectivity index (χ3n) is 7.23. The first-order valence-corrected chi connectivity index (χ1v) is 14.5. The van der Waals surface area contributed by atoms with Crippen molar-refractivity contribution in [1.29, 1.82) is 0 Å². The normalized spacial score (nSPS) is 18.0. The summed E-state index contributed by atoms with van der Waals surface area (Å²) in [6.45, 7) is 8.17. The van der Waals surface area contributed by atoms with Gasteiger partial charge in [0.1, 0.15) is 0 Å². The number of ether oxygens (including phenoxy) is 1. The second-order valence-corrected chi connectivity index (χ2v) is 11.8. The number of anilines is 1. The van der Waals surface area contributed by atoms with Crippen molar-refractivity contribution >= 4 is 15.7 Å². The van der Waals surface area contributed by atoms with Gasteiger partial charge in [-0.15, -0.1) is 0 Å². The fourth-order valence-electron chi connectivity index (χ4n) is 5.07. The van der Waals surface area contributed by atoms with Gasteiger partial charge in [0.05, 0.1) is 11.0 Å². The van der Waals surface area contributed by atoms with Crippen LogP contribution in [0.3, 0.4) is 0 Å². The third-order valence-corrected chi connectivity index (χ3v) is 8.63. The molecule has 0 saturated heterocycles. The molecular formula is C28H40N2O3S. The molecule has 0 amide bonds. The Morgan fingerprint density at radius 2 is 1.68 bits per heavy atom. The highest BCUT2D eigenvalue weighted by Crippen LogP contribution is 2.24. The van der Waals surface area contributed by atoms with Crippen molar-refractivity contribution in [1.82, 2.24) is 4.90 Å². The maximum absolute atomic E-state index is 12.9. The maximum Gasteiger partial charge on any atom is 0.261 e. The van der Waals surface area contributed by atoms with E-state index in [0.717, 1.165) is 51.1 Å². The van der Waals surface area contributed by atoms with Gasteiger partial charge in [-0.05, 0) is 79.0 Å². The number of hydrogen-bond acceptors (Lipinski definition) is 4. The SMILES string of the molecule is CC(C)c1ccc(S(=O)(=O)Nc2ccc3c(c2)CCN(CCCOC2CCCCC2)CC3)cc1. The van der Waals surface area contributed by atoms with Crippen LogP contribution in [0.15, 0.2) is 47.4 Å². The number of nitrogens with one attached hydrogen (secondary N) is 1. The van der Waals surface area contributed by atoms with E-state index in [1.165, 1.54) is 43.2 Å². The van der Waals surface area contributed by atoms with E-state index < -0.39 is 10.0 Å². The van der Waals surface area contributed by atoms with Crippen LogP contribution in [-0.2, 0) is 27.6 Å². The number of fused-ring (bicyclic) bond motifs is 1. The summed E-state index contributed by atoms with van der Waals surface area (Å²) in [5.41, 5.74) is 4.34. The van der Waals surface area contributed by atoms with Crippen LogP contribution in [-0.4, -0.2) is 45.7 Å². The molecule has 1 saturated carbocycles. The lowest BCUT2D eigenvalue weighted by Crippen LogP contribution is -2.29. The van der Waals surface area contributed by atoms with Gasteiger partial charge >= 0.3 is 0 Å². The molecule has 1 fully saturated rings. The Morgan fingerprint density at radius 3 is 2.38 bits per heavy atom. The minimum atomic E-state index is -3.60. The molecule has 2 aliphatic rings. The molecule has 0 aromatic heterocycles. The number of rotatable bonds is 9. The van der Waals surface area contributed by atoms with Gasteiger partial charge in [0.15, 0.2) is 0 Å². The first kappa shape index (κ1) is 25.2. The van der Waals surface area contributed by atoms with E-state index in [0.29, 0.717) is 22.6 Å². The van der Waals surface area contributed by atoms with Crippen LogP contribution < -0.4 is 4.72 Å². The number of hydrogen-bond donors (Lipinski definition) is 1. The van der Waals surface area contributed by atoms with Crippen LogP contribution in [0.5, 0.6) is 0 Å². The molecular weight excluding hydrogens is 444 g/mol. The summed E-state index contributed by atoms with van der Waals surface area (Å²) in [6, 6.07) is 13.2. The highest BCUT2D eigenvalue weighted by molar-refractivity contribution is 7.92. The molecule has 2 aromatic carbocycles. The molecule has 1 aliphatic carbocycles. The summed E-state index contributed by atoms with van der Waals surface area (Å²) >= 11 is 0. The van der Waals surface area contributed by atoms with Gasteiger partial charge in [-0.2, -0.15) is 0 Å². The summed E-state index contributed by atoms with van der Waals surface area (Å²) in [5, 5.41) is 0. The molecule has 0 radical (unpaired) electrons. The lowest BCUT2D eigenvalue weighted by Gasteiger charge is -2.23. The van der Waals surface area contributed by atoms with Crippen LogP contribution in [0.25, 0.3) is 0 Å². The van der Waals surface area contributed by atoms with Crippen molar-refractivity contribution in [3.05, 3.63) is 59.2 Å². The number of benzene rings is 2. The van der Waals surface area contributed by atoms with E-state index in [4.69, 9.17) is 4.74 Å². The lowest BCUT2D eigenvalue weighted by atomic mass is 9.98. The average molecular weight is 485 g/mol. The summed E-state index contributed by atoms with van der Waals surface area (Å²) in [7, 11) is -3.60. The molecule has 1 aliphatic heterocycles. The van der Waals surface area contributed by atoms with Gasteiger partial charge in [0.25, 0.3) is 10.0 Å². The van der Waals surface area contributed by atoms with Crippen molar-refractivity contribution in [3.8, 4) is 0 Å². The molecule has 186 valence electrons. The topological polar surface area (TPSA) is 58.6 Å². The van der Waals surface area contributed by atoms with E-state index in [9.17, 15) is 8.42 Å². The molecule has 1 N–H and O–H groups in total. The monoisotopic (exact) mass is 484 g/mol. The van der Waals surface area contributed by atoms with E-state index in [1.807, 2.05) is 24.3 Å². The zero-order chi connectivity index (χ0) is 24.0. The van der Waals surface area contributed by atoms with Gasteiger partial charge in [-0.3, -0.25) is 4.72 Å². The minimum absolute atomic E-state index is 0.300. The Balaban J connectivity index is 1.29. The van der Waals surface area contributed by atoms with Crippen LogP contribution in [0.4, 0.5) is 5.69 Å². The number of nitrogens with zero attached hydrogens (tertiary/aromatic N) is 1. The Morgan fingerprint density at radius 1 is 0.971 bits per heavy atom. The summed E-state index contributed by atoms with van der Waals surface area (Å²) in [6.07, 6.45) is 9.96. The lowest BCUT2D eigenvalue weighted by molar-refractivity contribution is 0.0236. The first-order valence-electron chi connectivity index (χ1n) is 13.0. The Hall–Kier alpha value is -1.89. The van der Waals surface area contributed by atoms with E-state index in [-0.39, 0.29) is 0 Å². The Kier molecular flexibility index (Phi) is 8.67. The van der Waals surface area contributed by atoms with Crippen molar-refractivity contribution in [2.24, 2.45) is 0 Å². The van der Waals surface area contributed by atoms with Crippen LogP contribution in [0, 0.1) is 0 Å². The molecule has 0 spiro atoms. The first-order chi connectivity index (χ1) is 16.4. The van der Waals surface area contributed by atoms with Gasteiger partial charge in [0.2, 0.25) is 0 Å². The van der Waals surface area contributed by atoms with Gasteiger partial charge < -0.3 is 9.64 Å². The Bertz CT molecular complexity index is 1030. The summed E-state index contributed by atoms with van der Waals surface area (Å²) in [4.78, 5) is 2.82. The summed E-state index contributed by atoms with van der Waals surface area (Å²) < 4.78 is 34.7. The molecule has 6 heteroatoms. The van der Waals surface area contributed by atoms with E-state index >= 15 is 0 Å². The second kappa shape index (κ2) is 11.7. The van der Waals surface area contributed by atoms with Crippen LogP contribution >= 0.6 is 0 Å². The van der Waals surface area contributed by atoms with E-state index in [2.05, 4.69) is 29.5 Å². The molecule has 34 heavy (non-hydrogen) atoms. The molecule has 2 aromatic rings. The molecule has 0 bridgehead atoms. The molecule has 4 rings (SSSR count). The highest BCUT2D eigenvalue weighted by Gasteiger charge is 2.18. The molecule has 0 atom stereocenters. The molecule has 1 heterocycles. The predicted molar refractivity (Wildman–Crippen MR) is 139 cm³/mol. The van der Waals surface area contributed by atoms with E-state index in [1.54, 1.807) is 12.1 Å². The maximum atomic E-state index is 12.9. The smallest absolute Gasteiger partial charge is 0.261 e. The third kappa shape index (κ3) is 6.83. The fourth-order valence-corrected chi connectivity index (χ4v) is 6.12. The van der Waals surface area contributed by atoms with Crippen molar-refractivity contribution in [3.63, 3.8) is 0 Å². The zero-order valence-electron chi connectivity index (χ0n) is 20.8. The fraction of sp³-hybridized carbons (Fsp3) is 0.571. The minimum Gasteiger partial charge on any atom is -0.378 e. The highest BCUT2D eigenvalue weighted by atomic mass is 32.2. The van der Waals surface area contributed by atoms with Gasteiger partial charge in [-0.1, -0.05) is 51.3 Å². The van der Waals surface area contributed by atoms with Crippen molar-refractivity contribution in [2.45, 2.75) is 82.1 Å². The number of sulfonamides is 1. The quantitative estimate of drug-likeness (QED) is 0.460. The van der Waals surface area contributed by atoms with Crippen molar-refractivity contribution < 1.29 is 13.2 Å². The largest absolute Gasteiger partial charge is 0.378 e. The van der Waals surface area contributed by atoms with Crippen molar-refractivity contribution in [2.75, 3.05) is 31.0 Å². The second-order valence-electron chi connectivity index (χ2n) is 10.1. The average Bonchev–Trinajstić information content (AvgIpc) is 3.04. The predicted octanol–water partition coefficient (Wildman–Crippen LogP) is 5.75.